The molecule has 2 aliphatic heterocycles. The van der Waals surface area contributed by atoms with Gasteiger partial charge in [-0.2, -0.15) is 4.31 Å². The number of hydrogen-bond donors (Lipinski definition) is 2. The lowest BCUT2D eigenvalue weighted by molar-refractivity contribution is -0.118. The molecule has 1 aromatic carbocycles. The van der Waals surface area contributed by atoms with E-state index < -0.39 is 15.4 Å². The van der Waals surface area contributed by atoms with Crippen molar-refractivity contribution in [2.24, 2.45) is 16.3 Å². The zero-order valence-electron chi connectivity index (χ0n) is 26.3. The fourth-order valence-electron chi connectivity index (χ4n) is 5.08. The number of sulfonamides is 1. The predicted molar refractivity (Wildman–Crippen MR) is 170 cm³/mol. The second kappa shape index (κ2) is 16.3. The maximum Gasteiger partial charge on any atom is 0.255 e. The first-order valence-electron chi connectivity index (χ1n) is 15.1. The first kappa shape index (κ1) is 34.6. The smallest absolute Gasteiger partial charge is 0.255 e. The topological polar surface area (TPSA) is 126 Å². The number of allylic oxidation sites excluding steroid dienone is 1. The Morgan fingerprint density at radius 1 is 1.23 bits per heavy atom. The van der Waals surface area contributed by atoms with Crippen molar-refractivity contribution in [2.75, 3.05) is 53.3 Å². The fraction of sp³-hybridized carbons (Fsp3) is 0.594. The summed E-state index contributed by atoms with van der Waals surface area (Å²) in [5.74, 6) is 0.973. The number of rotatable bonds is 13. The van der Waals surface area contributed by atoms with Crippen LogP contribution in [0.2, 0.25) is 0 Å². The van der Waals surface area contributed by atoms with E-state index in [2.05, 4.69) is 20.4 Å². The molecule has 238 valence electrons. The van der Waals surface area contributed by atoms with Crippen molar-refractivity contribution in [3.05, 3.63) is 52.6 Å². The van der Waals surface area contributed by atoms with Crippen molar-refractivity contribution in [1.82, 2.24) is 14.9 Å². The summed E-state index contributed by atoms with van der Waals surface area (Å²) in [6, 6.07) is 7.72. The van der Waals surface area contributed by atoms with Gasteiger partial charge in [-0.15, -0.1) is 0 Å². The molecule has 2 fully saturated rings. The molecule has 1 saturated heterocycles. The first-order chi connectivity index (χ1) is 20.6. The second-order valence-corrected chi connectivity index (χ2v) is 13.5. The van der Waals surface area contributed by atoms with Crippen LogP contribution < -0.4 is 10.6 Å². The molecule has 10 nitrogen and oxygen atoms in total. The molecule has 0 spiro atoms. The fourth-order valence-corrected chi connectivity index (χ4v) is 5.81. The molecule has 43 heavy (non-hydrogen) atoms. The van der Waals surface area contributed by atoms with E-state index in [9.17, 15) is 18.0 Å². The van der Waals surface area contributed by atoms with Crippen molar-refractivity contribution in [1.29, 1.82) is 0 Å². The van der Waals surface area contributed by atoms with Crippen LogP contribution in [0.3, 0.4) is 0 Å². The molecule has 11 heteroatoms. The lowest BCUT2D eigenvalue weighted by atomic mass is 9.77. The van der Waals surface area contributed by atoms with Crippen molar-refractivity contribution in [2.45, 2.75) is 58.8 Å². The lowest BCUT2D eigenvalue weighted by Crippen LogP contribution is -2.39. The summed E-state index contributed by atoms with van der Waals surface area (Å²) in [5.41, 5.74) is 2.44. The molecule has 0 atom stereocenters. The Morgan fingerprint density at radius 2 is 1.88 bits per heavy atom. The van der Waals surface area contributed by atoms with Gasteiger partial charge in [0.15, 0.2) is 0 Å². The number of aldehydes is 1. The van der Waals surface area contributed by atoms with E-state index in [0.29, 0.717) is 35.7 Å². The Bertz CT molecular complexity index is 1290. The number of nitrogens with one attached hydrogen (secondary N) is 2. The average molecular weight is 617 g/mol. The van der Waals surface area contributed by atoms with Gasteiger partial charge >= 0.3 is 0 Å². The van der Waals surface area contributed by atoms with Crippen LogP contribution in [0.25, 0.3) is 5.76 Å². The Balaban J connectivity index is 0.00000119. The van der Waals surface area contributed by atoms with Crippen LogP contribution in [0, 0.1) is 18.3 Å². The largest absolute Gasteiger partial charge is 0.437 e. The third kappa shape index (κ3) is 10.1. The number of methoxy groups -OCH3 is 1. The van der Waals surface area contributed by atoms with E-state index in [-0.39, 0.29) is 25.0 Å². The molecule has 0 unspecified atom stereocenters. The number of benzene rings is 1. The highest BCUT2D eigenvalue weighted by Gasteiger charge is 2.35. The number of carbonyl (C=O) groups is 2. The highest BCUT2D eigenvalue weighted by molar-refractivity contribution is 7.88. The van der Waals surface area contributed by atoms with Gasteiger partial charge in [0.25, 0.3) is 5.91 Å². The van der Waals surface area contributed by atoms with Crippen LogP contribution in [-0.4, -0.2) is 84.1 Å². The van der Waals surface area contributed by atoms with Gasteiger partial charge in [0, 0.05) is 43.9 Å². The maximum atomic E-state index is 13.0. The summed E-state index contributed by atoms with van der Waals surface area (Å²) in [5, 5.41) is 5.99. The third-order valence-corrected chi connectivity index (χ3v) is 9.34. The first-order valence-corrected chi connectivity index (χ1v) is 17.0. The van der Waals surface area contributed by atoms with Crippen LogP contribution in [0.5, 0.6) is 0 Å². The highest BCUT2D eigenvalue weighted by Crippen LogP contribution is 2.38. The highest BCUT2D eigenvalue weighted by atomic mass is 32.2. The SMILES string of the molecule is CCOC.CNC(=O)C1=C(c2ccc(C)cc2)OC(=N/CN(CCCC2(C=O)CCNCC2)S(C)(=O)=O)/C1=C\CC1CC1. The number of ether oxygens (including phenoxy) is 2. The van der Waals surface area contributed by atoms with Gasteiger partial charge in [-0.3, -0.25) is 4.79 Å². The van der Waals surface area contributed by atoms with Gasteiger partial charge in [-0.25, -0.2) is 13.4 Å². The number of carbonyl (C=O) groups excluding carboxylic acids is 2. The van der Waals surface area contributed by atoms with E-state index in [0.717, 1.165) is 69.2 Å². The van der Waals surface area contributed by atoms with E-state index in [1.807, 2.05) is 44.2 Å². The molecular weight excluding hydrogens is 568 g/mol. The number of aliphatic imine (C=N–C) groups is 1. The van der Waals surface area contributed by atoms with Crippen molar-refractivity contribution >= 4 is 33.9 Å². The van der Waals surface area contributed by atoms with E-state index in [4.69, 9.17) is 4.74 Å². The van der Waals surface area contributed by atoms with Crippen LogP contribution in [0.4, 0.5) is 0 Å². The molecule has 1 aromatic rings. The molecule has 0 bridgehead atoms. The van der Waals surface area contributed by atoms with Crippen LogP contribution >= 0.6 is 0 Å². The Morgan fingerprint density at radius 3 is 2.42 bits per heavy atom. The molecule has 1 amide bonds. The van der Waals surface area contributed by atoms with Crippen LogP contribution in [0.1, 0.15) is 63.0 Å². The van der Waals surface area contributed by atoms with E-state index >= 15 is 0 Å². The van der Waals surface area contributed by atoms with Gasteiger partial charge in [-0.1, -0.05) is 35.9 Å². The zero-order chi connectivity index (χ0) is 31.5. The summed E-state index contributed by atoms with van der Waals surface area (Å²) < 4.78 is 37.4. The van der Waals surface area contributed by atoms with Crippen molar-refractivity contribution < 1.29 is 27.5 Å². The molecule has 0 aromatic heterocycles. The quantitative estimate of drug-likeness (QED) is 0.323. The van der Waals surface area contributed by atoms with E-state index in [1.54, 1.807) is 14.2 Å². The number of nitrogens with zero attached hydrogens (tertiary/aromatic N) is 2. The summed E-state index contributed by atoms with van der Waals surface area (Å²) in [4.78, 5) is 29.5. The molecule has 4 rings (SSSR count). The molecule has 0 radical (unpaired) electrons. The van der Waals surface area contributed by atoms with Crippen molar-refractivity contribution in [3.8, 4) is 0 Å². The Labute approximate surface area is 257 Å². The normalized spacial score (nSPS) is 20.1. The number of piperidine rings is 1. The number of amides is 1. The number of likely N-dealkylation sites (N-methyl/N-ethyl adjacent to an activating group) is 1. The summed E-state index contributed by atoms with van der Waals surface area (Å²) in [6.07, 6.45) is 10.0. The lowest BCUT2D eigenvalue weighted by Gasteiger charge is -2.33. The monoisotopic (exact) mass is 616 g/mol. The second-order valence-electron chi connectivity index (χ2n) is 11.5. The van der Waals surface area contributed by atoms with Gasteiger partial charge in [-0.05, 0) is 77.8 Å². The summed E-state index contributed by atoms with van der Waals surface area (Å²) in [6.45, 7) is 6.47. The van der Waals surface area contributed by atoms with Crippen LogP contribution in [0.15, 0.2) is 46.5 Å². The Hall–Kier alpha value is -2.86. The molecular formula is C32H48N4O6S. The van der Waals surface area contributed by atoms with Crippen LogP contribution in [-0.2, 0) is 29.1 Å². The third-order valence-electron chi connectivity index (χ3n) is 8.11. The van der Waals surface area contributed by atoms with E-state index in [1.165, 1.54) is 10.6 Å². The minimum Gasteiger partial charge on any atom is -0.437 e. The number of aryl methyl sites for hydroxylation is 1. The minimum absolute atomic E-state index is 0.132. The average Bonchev–Trinajstić information content (AvgIpc) is 3.77. The standard InChI is InChI=1S/C29H40N4O5S.C3H8O/c1-21-5-10-23(11-6-21)26-25(27(35)30-2)24(12-9-22-7-8-22)28(38-26)32-20-33(39(3,36)37)18-4-13-29(19-34)14-16-31-17-15-29;1-3-4-2/h5-6,10-12,19,22,31H,4,7-9,13-18,20H2,1-3H3,(H,30,35);3H2,1-2H3/b24-12-,32-28+;. The number of hydrogen-bond acceptors (Lipinski definition) is 8. The Kier molecular flexibility index (Phi) is 13.1. The molecule has 1 aliphatic carbocycles. The maximum absolute atomic E-state index is 13.0. The molecule has 2 N–H and O–H groups in total. The zero-order valence-corrected chi connectivity index (χ0v) is 27.1. The van der Waals surface area contributed by atoms with Gasteiger partial charge < -0.3 is 24.9 Å². The van der Waals surface area contributed by atoms with Gasteiger partial charge in [0.2, 0.25) is 15.9 Å². The minimum atomic E-state index is -3.57. The van der Waals surface area contributed by atoms with Crippen molar-refractivity contribution in [3.63, 3.8) is 0 Å². The molecule has 2 heterocycles. The predicted octanol–water partition coefficient (Wildman–Crippen LogP) is 3.83. The molecule has 1 saturated carbocycles. The summed E-state index contributed by atoms with van der Waals surface area (Å²) in [7, 11) is -0.307. The van der Waals surface area contributed by atoms with Gasteiger partial charge in [0.1, 0.15) is 18.7 Å². The summed E-state index contributed by atoms with van der Waals surface area (Å²) >= 11 is 0. The van der Waals surface area contributed by atoms with Gasteiger partial charge in [0.05, 0.1) is 11.8 Å². The molecule has 3 aliphatic rings.